The van der Waals surface area contributed by atoms with Gasteiger partial charge in [-0.25, -0.2) is 0 Å². The van der Waals surface area contributed by atoms with Gasteiger partial charge in [-0.1, -0.05) is 53.4 Å². The summed E-state index contributed by atoms with van der Waals surface area (Å²) >= 11 is 3.61. The van der Waals surface area contributed by atoms with Crippen LogP contribution in [0.5, 0.6) is 0 Å². The summed E-state index contributed by atoms with van der Waals surface area (Å²) in [6, 6.07) is 17.9. The largest absolute Gasteiger partial charge is 0.360 e. The third kappa shape index (κ3) is 7.29. The van der Waals surface area contributed by atoms with Gasteiger partial charge in [0, 0.05) is 12.4 Å². The first-order valence-corrected chi connectivity index (χ1v) is 18.3. The van der Waals surface area contributed by atoms with Crippen LogP contribution in [0.3, 0.4) is 0 Å². The first-order chi connectivity index (χ1) is 22.6. The van der Waals surface area contributed by atoms with Gasteiger partial charge in [0.25, 0.3) is 0 Å². The Hall–Kier alpha value is -4.14. The van der Waals surface area contributed by atoms with Crippen LogP contribution in [-0.4, -0.2) is 32.4 Å². The van der Waals surface area contributed by atoms with Crippen LogP contribution < -0.4 is 0 Å². The fraction of sp³-hybridized carbons (Fsp3) is 0.316. The van der Waals surface area contributed by atoms with E-state index in [0.29, 0.717) is 0 Å². The smallest absolute Gasteiger partial charge is 0.0733 e. The van der Waals surface area contributed by atoms with Crippen LogP contribution in [0, 0.1) is 0 Å². The SMILES string of the molecule is CCCc1c[nH]c(-c2ccc(-c3cc(CCC)c(/C=N/N=C/c4[nH]c(-c5ccc(-c6cc(CCC)c[nH]6)s5)cc4CCC)[nH]3)s2)c1. The van der Waals surface area contributed by atoms with E-state index in [1.807, 2.05) is 12.4 Å². The average molecular weight is 649 g/mol. The van der Waals surface area contributed by atoms with Crippen molar-refractivity contribution in [3.8, 4) is 42.3 Å². The minimum absolute atomic E-state index is 0.989. The van der Waals surface area contributed by atoms with Gasteiger partial charge in [0.2, 0.25) is 0 Å². The van der Waals surface area contributed by atoms with Gasteiger partial charge in [-0.05, 0) is 96.5 Å². The van der Waals surface area contributed by atoms with Crippen LogP contribution in [0.15, 0.2) is 71.1 Å². The molecule has 46 heavy (non-hydrogen) atoms. The molecule has 6 aromatic rings. The summed E-state index contributed by atoms with van der Waals surface area (Å²) < 4.78 is 0. The lowest BCUT2D eigenvalue weighted by molar-refractivity contribution is 0.920. The molecule has 0 amide bonds. The molecule has 0 atom stereocenters. The van der Waals surface area contributed by atoms with Gasteiger partial charge in [0.05, 0.1) is 66.1 Å². The van der Waals surface area contributed by atoms with Crippen LogP contribution >= 0.6 is 22.7 Å². The quantitative estimate of drug-likeness (QED) is 0.0631. The highest BCUT2D eigenvalue weighted by molar-refractivity contribution is 7.19. The molecule has 6 nitrogen and oxygen atoms in total. The molecule has 0 saturated carbocycles. The maximum atomic E-state index is 4.49. The average Bonchev–Trinajstić information content (AvgIpc) is 3.89. The molecule has 0 radical (unpaired) electrons. The van der Waals surface area contributed by atoms with E-state index in [1.165, 1.54) is 53.2 Å². The third-order valence-corrected chi connectivity index (χ3v) is 10.5. The van der Waals surface area contributed by atoms with E-state index in [9.17, 15) is 0 Å². The molecular weight excluding hydrogens is 605 g/mol. The molecule has 6 rings (SSSR count). The summed E-state index contributed by atoms with van der Waals surface area (Å²) in [6.07, 6.45) is 16.6. The number of rotatable bonds is 15. The van der Waals surface area contributed by atoms with E-state index in [-0.39, 0.29) is 0 Å². The number of nitrogens with one attached hydrogen (secondary N) is 4. The van der Waals surface area contributed by atoms with E-state index >= 15 is 0 Å². The normalized spacial score (nSPS) is 12.0. The standard InChI is InChI=1S/C38H44N6S2/c1-5-9-25-17-29(39-21-25)35-13-15-37(45-35)31-19-27(11-7-3)33(43-31)23-41-42-24-34-28(12-8-4)20-32(44-34)38-16-14-36(46-38)30-18-26(10-6-2)22-40-30/h13-24,39-40,43-44H,5-12H2,1-4H3/b41-23+,42-24+. The highest BCUT2D eigenvalue weighted by atomic mass is 32.1. The second kappa shape index (κ2) is 15.0. The highest BCUT2D eigenvalue weighted by Crippen LogP contribution is 2.36. The van der Waals surface area contributed by atoms with E-state index in [0.717, 1.165) is 74.1 Å². The number of H-pyrrole nitrogens is 4. The molecule has 0 saturated heterocycles. The van der Waals surface area contributed by atoms with E-state index in [4.69, 9.17) is 0 Å². The first kappa shape index (κ1) is 31.8. The topological polar surface area (TPSA) is 87.9 Å². The van der Waals surface area contributed by atoms with Crippen LogP contribution in [0.4, 0.5) is 0 Å². The van der Waals surface area contributed by atoms with Gasteiger partial charge in [0.1, 0.15) is 0 Å². The van der Waals surface area contributed by atoms with Crippen molar-refractivity contribution in [3.05, 3.63) is 94.6 Å². The molecule has 0 aliphatic rings. The molecule has 6 heterocycles. The van der Waals surface area contributed by atoms with Crippen molar-refractivity contribution in [3.63, 3.8) is 0 Å². The zero-order chi connectivity index (χ0) is 31.9. The van der Waals surface area contributed by atoms with Crippen molar-refractivity contribution < 1.29 is 0 Å². The number of aromatic nitrogens is 4. The molecule has 0 spiro atoms. The molecule has 6 aromatic heterocycles. The van der Waals surface area contributed by atoms with Gasteiger partial charge in [-0.15, -0.1) is 22.7 Å². The lowest BCUT2D eigenvalue weighted by Gasteiger charge is -1.95. The first-order valence-electron chi connectivity index (χ1n) is 16.6. The maximum absolute atomic E-state index is 4.49. The molecular formula is C38H44N6S2. The predicted octanol–water partition coefficient (Wildman–Crippen LogP) is 11.1. The molecule has 238 valence electrons. The van der Waals surface area contributed by atoms with Crippen molar-refractivity contribution in [1.29, 1.82) is 0 Å². The van der Waals surface area contributed by atoms with Gasteiger partial charge >= 0.3 is 0 Å². The van der Waals surface area contributed by atoms with Crippen LogP contribution in [0.25, 0.3) is 42.3 Å². The predicted molar refractivity (Wildman–Crippen MR) is 199 cm³/mol. The second-order valence-corrected chi connectivity index (χ2v) is 14.1. The van der Waals surface area contributed by atoms with Gasteiger partial charge in [-0.2, -0.15) is 10.2 Å². The van der Waals surface area contributed by atoms with Gasteiger partial charge < -0.3 is 19.9 Å². The Morgan fingerprint density at radius 1 is 0.522 bits per heavy atom. The van der Waals surface area contributed by atoms with E-state index in [2.05, 4.69) is 119 Å². The molecule has 0 aromatic carbocycles. The number of aryl methyl sites for hydroxylation is 4. The van der Waals surface area contributed by atoms with Crippen molar-refractivity contribution in [2.75, 3.05) is 0 Å². The van der Waals surface area contributed by atoms with Crippen molar-refractivity contribution in [1.82, 2.24) is 19.9 Å². The van der Waals surface area contributed by atoms with Crippen molar-refractivity contribution in [2.45, 2.75) is 79.1 Å². The summed E-state index contributed by atoms with van der Waals surface area (Å²) in [5, 5.41) is 8.99. The summed E-state index contributed by atoms with van der Waals surface area (Å²) in [5.41, 5.74) is 11.9. The highest BCUT2D eigenvalue weighted by Gasteiger charge is 2.14. The Morgan fingerprint density at radius 3 is 1.30 bits per heavy atom. The molecule has 0 unspecified atom stereocenters. The van der Waals surface area contributed by atoms with Gasteiger partial charge in [-0.3, -0.25) is 0 Å². The van der Waals surface area contributed by atoms with E-state index < -0.39 is 0 Å². The summed E-state index contributed by atoms with van der Waals surface area (Å²) in [5.74, 6) is 0. The molecule has 0 aliphatic carbocycles. The van der Waals surface area contributed by atoms with Crippen molar-refractivity contribution in [2.24, 2.45) is 10.2 Å². The number of hydrogen-bond acceptors (Lipinski definition) is 4. The Kier molecular flexibility index (Phi) is 10.4. The Labute approximate surface area is 280 Å². The Balaban J connectivity index is 1.18. The van der Waals surface area contributed by atoms with Crippen molar-refractivity contribution >= 4 is 35.1 Å². The number of aromatic amines is 4. The summed E-state index contributed by atoms with van der Waals surface area (Å²) in [7, 11) is 0. The number of thiophene rings is 2. The lowest BCUT2D eigenvalue weighted by atomic mass is 10.1. The third-order valence-electron chi connectivity index (χ3n) is 8.18. The minimum Gasteiger partial charge on any atom is -0.360 e. The van der Waals surface area contributed by atoms with Crippen LogP contribution in [0.2, 0.25) is 0 Å². The minimum atomic E-state index is 0.989. The summed E-state index contributed by atoms with van der Waals surface area (Å²) in [4.78, 5) is 19.1. The molecule has 8 heteroatoms. The zero-order valence-electron chi connectivity index (χ0n) is 27.3. The summed E-state index contributed by atoms with van der Waals surface area (Å²) in [6.45, 7) is 8.86. The zero-order valence-corrected chi connectivity index (χ0v) is 28.9. The Morgan fingerprint density at radius 2 is 0.913 bits per heavy atom. The second-order valence-electron chi connectivity index (χ2n) is 11.9. The Bertz CT molecular complexity index is 1780. The monoisotopic (exact) mass is 648 g/mol. The van der Waals surface area contributed by atoms with Crippen LogP contribution in [0.1, 0.15) is 87.0 Å². The van der Waals surface area contributed by atoms with Crippen LogP contribution in [-0.2, 0) is 25.7 Å². The number of nitrogens with zero attached hydrogens (tertiary/aromatic N) is 2. The number of hydrogen-bond donors (Lipinski definition) is 4. The molecule has 4 N–H and O–H groups in total. The van der Waals surface area contributed by atoms with E-state index in [1.54, 1.807) is 22.7 Å². The molecule has 0 bridgehead atoms. The lowest BCUT2D eigenvalue weighted by Crippen LogP contribution is -1.91. The molecule has 0 aliphatic heterocycles. The molecule has 0 fully saturated rings. The van der Waals surface area contributed by atoms with Gasteiger partial charge in [0.15, 0.2) is 0 Å². The maximum Gasteiger partial charge on any atom is 0.0733 e. The fourth-order valence-electron chi connectivity index (χ4n) is 5.94. The fourth-order valence-corrected chi connectivity index (χ4v) is 7.85.